The van der Waals surface area contributed by atoms with E-state index in [1.807, 2.05) is 24.7 Å². The molecule has 5 heteroatoms. The molecule has 0 N–H and O–H groups in total. The topological polar surface area (TPSA) is 25.8 Å². The summed E-state index contributed by atoms with van der Waals surface area (Å²) in [4.78, 5) is 12.3. The third kappa shape index (κ3) is 3.13. The van der Waals surface area contributed by atoms with Crippen molar-refractivity contribution in [3.05, 3.63) is 71.0 Å². The maximum absolute atomic E-state index is 4.41. The number of nitrogens with zero attached hydrogens (tertiary/aromatic N) is 2. The van der Waals surface area contributed by atoms with E-state index >= 15 is 0 Å². The van der Waals surface area contributed by atoms with E-state index in [1.54, 1.807) is 28.9 Å². The maximum atomic E-state index is 4.41. The Morgan fingerprint density at radius 3 is 2.00 bits per heavy atom. The van der Waals surface area contributed by atoms with Gasteiger partial charge in [-0.3, -0.25) is 9.97 Å². The highest BCUT2D eigenvalue weighted by Crippen LogP contribution is 2.36. The van der Waals surface area contributed by atoms with Crippen molar-refractivity contribution in [1.29, 1.82) is 0 Å². The van der Waals surface area contributed by atoms with Crippen LogP contribution in [0.1, 0.15) is 0 Å². The van der Waals surface area contributed by atoms with Gasteiger partial charge in [0.05, 0.1) is 3.79 Å². The first-order valence-electron chi connectivity index (χ1n) is 7.01. The molecule has 0 saturated carbocycles. The van der Waals surface area contributed by atoms with Crippen molar-refractivity contribution in [2.45, 2.75) is 0 Å². The van der Waals surface area contributed by atoms with Crippen LogP contribution in [0, 0.1) is 0 Å². The van der Waals surface area contributed by atoms with Gasteiger partial charge in [-0.25, -0.2) is 0 Å². The van der Waals surface area contributed by atoms with Gasteiger partial charge in [0.25, 0.3) is 0 Å². The summed E-state index contributed by atoms with van der Waals surface area (Å²) in [5.41, 5.74) is 3.44. The van der Waals surface area contributed by atoms with Gasteiger partial charge >= 0.3 is 0 Å². The molecule has 0 aliphatic heterocycles. The van der Waals surface area contributed by atoms with Crippen LogP contribution >= 0.6 is 38.6 Å². The summed E-state index contributed by atoms with van der Waals surface area (Å²) in [5, 5.41) is 0. The van der Waals surface area contributed by atoms with Crippen LogP contribution in [0.15, 0.2) is 71.0 Å². The lowest BCUT2D eigenvalue weighted by atomic mass is 10.1. The van der Waals surface area contributed by atoms with Crippen LogP contribution in [0.2, 0.25) is 0 Å². The predicted octanol–water partition coefficient (Wildman–Crippen LogP) is 6.36. The Morgan fingerprint density at radius 1 is 0.696 bits per heavy atom. The number of thiophene rings is 2. The Bertz CT molecular complexity index is 944. The van der Waals surface area contributed by atoms with Crippen LogP contribution in [0.25, 0.3) is 31.3 Å². The maximum Gasteiger partial charge on any atom is 0.0705 e. The second-order valence-electron chi connectivity index (χ2n) is 4.97. The zero-order chi connectivity index (χ0) is 15.6. The lowest BCUT2D eigenvalue weighted by molar-refractivity contribution is 1.33. The molecule has 0 aliphatic rings. The average molecular weight is 399 g/mol. The van der Waals surface area contributed by atoms with Gasteiger partial charge in [-0.15, -0.1) is 22.7 Å². The molecule has 4 rings (SSSR count). The fraction of sp³-hybridized carbons (Fsp3) is 0. The lowest BCUT2D eigenvalue weighted by Gasteiger charge is -2.01. The van der Waals surface area contributed by atoms with E-state index in [4.69, 9.17) is 0 Å². The summed E-state index contributed by atoms with van der Waals surface area (Å²) in [5.74, 6) is 0. The van der Waals surface area contributed by atoms with Gasteiger partial charge in [0, 0.05) is 56.1 Å². The van der Waals surface area contributed by atoms with E-state index in [-0.39, 0.29) is 0 Å². The van der Waals surface area contributed by atoms with Gasteiger partial charge in [-0.1, -0.05) is 6.07 Å². The second-order valence-corrected chi connectivity index (χ2v) is 8.52. The molecule has 0 spiro atoms. The number of hydrogen-bond donors (Lipinski definition) is 0. The molecule has 4 heterocycles. The van der Waals surface area contributed by atoms with Crippen LogP contribution < -0.4 is 0 Å². The molecule has 0 aliphatic carbocycles. The molecule has 112 valence electrons. The van der Waals surface area contributed by atoms with Crippen molar-refractivity contribution in [3.63, 3.8) is 0 Å². The van der Waals surface area contributed by atoms with Crippen LogP contribution in [0.3, 0.4) is 0 Å². The quantitative estimate of drug-likeness (QED) is 0.400. The number of hydrogen-bond acceptors (Lipinski definition) is 4. The number of pyridine rings is 2. The van der Waals surface area contributed by atoms with E-state index in [0.717, 1.165) is 20.5 Å². The van der Waals surface area contributed by atoms with E-state index in [1.165, 1.54) is 14.6 Å². The Balaban J connectivity index is 1.70. The van der Waals surface area contributed by atoms with Crippen molar-refractivity contribution in [3.8, 4) is 31.3 Å². The number of rotatable bonds is 3. The van der Waals surface area contributed by atoms with Crippen LogP contribution in [0.5, 0.6) is 0 Å². The Labute approximate surface area is 150 Å². The summed E-state index contributed by atoms with van der Waals surface area (Å²) < 4.78 is 1.13. The van der Waals surface area contributed by atoms with Crippen LogP contribution in [-0.2, 0) is 0 Å². The minimum Gasteiger partial charge on any atom is -0.264 e. The SMILES string of the molecule is Brc1ccc(-c2cncc(-c3ccc(-c4cccnc4)s3)c2)s1. The first-order valence-corrected chi connectivity index (χ1v) is 9.43. The van der Waals surface area contributed by atoms with Gasteiger partial charge in [-0.2, -0.15) is 0 Å². The smallest absolute Gasteiger partial charge is 0.0705 e. The van der Waals surface area contributed by atoms with Gasteiger partial charge in [0.2, 0.25) is 0 Å². The first-order chi connectivity index (χ1) is 11.3. The van der Waals surface area contributed by atoms with E-state index < -0.39 is 0 Å². The monoisotopic (exact) mass is 398 g/mol. The molecule has 0 fully saturated rings. The predicted molar refractivity (Wildman–Crippen MR) is 102 cm³/mol. The molecule has 0 bridgehead atoms. The molecule has 23 heavy (non-hydrogen) atoms. The first kappa shape index (κ1) is 14.8. The minimum absolute atomic E-state index is 1.13. The second kappa shape index (κ2) is 6.35. The molecule has 2 nitrogen and oxygen atoms in total. The van der Waals surface area contributed by atoms with E-state index in [2.05, 4.69) is 62.3 Å². The van der Waals surface area contributed by atoms with E-state index in [9.17, 15) is 0 Å². The minimum atomic E-state index is 1.13. The fourth-order valence-corrected chi connectivity index (χ4v) is 4.68. The molecular weight excluding hydrogens is 388 g/mol. The van der Waals surface area contributed by atoms with Gasteiger partial charge in [-0.05, 0) is 52.3 Å². The Hall–Kier alpha value is -1.82. The Morgan fingerprint density at radius 2 is 1.35 bits per heavy atom. The summed E-state index contributed by atoms with van der Waals surface area (Å²) >= 11 is 7.00. The lowest BCUT2D eigenvalue weighted by Crippen LogP contribution is -1.79. The summed E-state index contributed by atoms with van der Waals surface area (Å²) in [6, 6.07) is 14.7. The summed E-state index contributed by atoms with van der Waals surface area (Å²) in [7, 11) is 0. The third-order valence-electron chi connectivity index (χ3n) is 3.43. The van der Waals surface area contributed by atoms with Crippen molar-refractivity contribution < 1.29 is 0 Å². The van der Waals surface area contributed by atoms with E-state index in [0.29, 0.717) is 0 Å². The van der Waals surface area contributed by atoms with Crippen LogP contribution in [0.4, 0.5) is 0 Å². The number of aromatic nitrogens is 2. The standard InChI is InChI=1S/C18H11BrN2S2/c19-18-6-5-17(23-18)14-8-13(10-21-11-14)16-4-3-15(22-16)12-2-1-7-20-9-12/h1-11H. The summed E-state index contributed by atoms with van der Waals surface area (Å²) in [6.45, 7) is 0. The van der Waals surface area contributed by atoms with Gasteiger partial charge in [0.15, 0.2) is 0 Å². The number of halogens is 1. The fourth-order valence-electron chi connectivity index (χ4n) is 2.34. The van der Waals surface area contributed by atoms with Gasteiger partial charge in [0.1, 0.15) is 0 Å². The van der Waals surface area contributed by atoms with Gasteiger partial charge < -0.3 is 0 Å². The molecule has 0 unspecified atom stereocenters. The molecule has 0 saturated heterocycles. The highest BCUT2D eigenvalue weighted by Gasteiger charge is 2.08. The molecule has 4 aromatic heterocycles. The highest BCUT2D eigenvalue weighted by molar-refractivity contribution is 9.11. The highest BCUT2D eigenvalue weighted by atomic mass is 79.9. The molecule has 0 aromatic carbocycles. The Kier molecular flexibility index (Phi) is 4.08. The molecule has 0 amide bonds. The molecule has 0 atom stereocenters. The normalized spacial score (nSPS) is 10.8. The van der Waals surface area contributed by atoms with Crippen molar-refractivity contribution in [2.75, 3.05) is 0 Å². The van der Waals surface area contributed by atoms with Crippen molar-refractivity contribution >= 4 is 38.6 Å². The zero-order valence-corrected chi connectivity index (χ0v) is 15.2. The summed E-state index contributed by atoms with van der Waals surface area (Å²) in [6.07, 6.45) is 7.53. The average Bonchev–Trinajstić information content (AvgIpc) is 3.25. The molecular formula is C18H11BrN2S2. The largest absolute Gasteiger partial charge is 0.264 e. The van der Waals surface area contributed by atoms with Crippen LogP contribution in [-0.4, -0.2) is 9.97 Å². The van der Waals surface area contributed by atoms with Crippen molar-refractivity contribution in [2.24, 2.45) is 0 Å². The molecule has 4 aromatic rings. The van der Waals surface area contributed by atoms with Crippen molar-refractivity contribution in [1.82, 2.24) is 9.97 Å². The third-order valence-corrected chi connectivity index (χ3v) is 6.29. The zero-order valence-electron chi connectivity index (χ0n) is 11.9. The molecule has 0 radical (unpaired) electrons.